The fourth-order valence-corrected chi connectivity index (χ4v) is 4.09. The highest BCUT2D eigenvalue weighted by Gasteiger charge is 2.17. The van der Waals surface area contributed by atoms with Crippen LogP contribution in [0.15, 0.2) is 74.1 Å². The van der Waals surface area contributed by atoms with Gasteiger partial charge in [-0.15, -0.1) is 13.2 Å². The van der Waals surface area contributed by atoms with Gasteiger partial charge in [0, 0.05) is 47.1 Å². The van der Waals surface area contributed by atoms with Gasteiger partial charge in [-0.3, -0.25) is 9.97 Å². The second-order valence-electron chi connectivity index (χ2n) is 5.48. The summed E-state index contributed by atoms with van der Waals surface area (Å²) in [5.41, 5.74) is 2.28. The molecule has 0 saturated carbocycles. The summed E-state index contributed by atoms with van der Waals surface area (Å²) in [4.78, 5) is 8.92. The number of rotatable bonds is 10. The van der Waals surface area contributed by atoms with Gasteiger partial charge in [-0.1, -0.05) is 24.3 Å². The van der Waals surface area contributed by atoms with Crippen LogP contribution in [0.5, 0.6) is 0 Å². The first kappa shape index (κ1) is 17.5. The largest absolute Gasteiger partial charge is 0.261 e. The van der Waals surface area contributed by atoms with Crippen molar-refractivity contribution >= 4 is 11.8 Å². The van der Waals surface area contributed by atoms with Crippen LogP contribution in [0.1, 0.15) is 24.2 Å². The Morgan fingerprint density at radius 3 is 1.65 bits per heavy atom. The van der Waals surface area contributed by atoms with Gasteiger partial charge < -0.3 is 0 Å². The maximum absolute atomic E-state index is 4.46. The molecule has 23 heavy (non-hydrogen) atoms. The molecule has 0 fully saturated rings. The zero-order chi connectivity index (χ0) is 16.3. The van der Waals surface area contributed by atoms with Gasteiger partial charge in [-0.05, 0) is 37.1 Å². The topological polar surface area (TPSA) is 25.8 Å². The van der Waals surface area contributed by atoms with E-state index in [4.69, 9.17) is 0 Å². The van der Waals surface area contributed by atoms with E-state index in [1.165, 1.54) is 0 Å². The Hall–Kier alpha value is -1.87. The molecule has 2 unspecified atom stereocenters. The minimum atomic E-state index is 0.482. The number of allylic oxidation sites excluding steroid dienone is 2. The van der Waals surface area contributed by atoms with Crippen LogP contribution in [-0.2, 0) is 12.8 Å². The lowest BCUT2D eigenvalue weighted by atomic mass is 10.1. The van der Waals surface area contributed by atoms with E-state index in [1.807, 2.05) is 60.6 Å². The summed E-state index contributed by atoms with van der Waals surface area (Å²) >= 11 is 2.01. The van der Waals surface area contributed by atoms with Crippen LogP contribution in [-0.4, -0.2) is 20.5 Å². The third-order valence-corrected chi connectivity index (χ3v) is 5.06. The highest BCUT2D eigenvalue weighted by atomic mass is 32.2. The van der Waals surface area contributed by atoms with E-state index in [-0.39, 0.29) is 0 Å². The number of pyridine rings is 2. The van der Waals surface area contributed by atoms with Crippen LogP contribution in [0.25, 0.3) is 0 Å². The smallest absolute Gasteiger partial charge is 0.0414 e. The quantitative estimate of drug-likeness (QED) is 0.582. The molecule has 3 heteroatoms. The molecule has 0 aliphatic rings. The molecule has 0 aromatic carbocycles. The van der Waals surface area contributed by atoms with Crippen molar-refractivity contribution in [2.24, 2.45) is 0 Å². The zero-order valence-electron chi connectivity index (χ0n) is 13.5. The lowest BCUT2D eigenvalue weighted by Crippen LogP contribution is -2.16. The van der Waals surface area contributed by atoms with Crippen molar-refractivity contribution in [2.75, 3.05) is 0 Å². The molecule has 0 spiro atoms. The SMILES string of the molecule is C=CCC(Cc1ccccn1)SC(CC=C)Cc1ccccn1. The van der Waals surface area contributed by atoms with Gasteiger partial charge in [0.1, 0.15) is 0 Å². The second-order valence-corrected chi connectivity index (χ2v) is 7.08. The summed E-state index contributed by atoms with van der Waals surface area (Å²) in [7, 11) is 0. The van der Waals surface area contributed by atoms with Crippen molar-refractivity contribution in [1.82, 2.24) is 9.97 Å². The first-order valence-corrected chi connectivity index (χ1v) is 8.93. The van der Waals surface area contributed by atoms with Crippen molar-refractivity contribution in [1.29, 1.82) is 0 Å². The first-order chi connectivity index (χ1) is 11.3. The van der Waals surface area contributed by atoms with Crippen molar-refractivity contribution in [3.8, 4) is 0 Å². The van der Waals surface area contributed by atoms with Crippen LogP contribution >= 0.6 is 11.8 Å². The predicted octanol–water partition coefficient (Wildman–Crippen LogP) is 4.88. The number of hydrogen-bond donors (Lipinski definition) is 0. The number of hydrogen-bond acceptors (Lipinski definition) is 3. The van der Waals surface area contributed by atoms with Gasteiger partial charge in [-0.25, -0.2) is 0 Å². The molecule has 0 aliphatic heterocycles. The summed E-state index contributed by atoms with van der Waals surface area (Å²) < 4.78 is 0. The first-order valence-electron chi connectivity index (χ1n) is 7.99. The molecule has 0 radical (unpaired) electrons. The van der Waals surface area contributed by atoms with Crippen LogP contribution in [0.4, 0.5) is 0 Å². The molecule has 2 aromatic rings. The molecule has 2 nitrogen and oxygen atoms in total. The number of nitrogens with zero attached hydrogens (tertiary/aromatic N) is 2. The average Bonchev–Trinajstić information content (AvgIpc) is 2.57. The highest BCUT2D eigenvalue weighted by Crippen LogP contribution is 2.28. The molecule has 0 N–H and O–H groups in total. The van der Waals surface area contributed by atoms with Crippen LogP contribution in [0, 0.1) is 0 Å². The molecule has 2 aromatic heterocycles. The highest BCUT2D eigenvalue weighted by molar-refractivity contribution is 8.00. The molecule has 2 rings (SSSR count). The van der Waals surface area contributed by atoms with E-state index >= 15 is 0 Å². The maximum atomic E-state index is 4.46. The van der Waals surface area contributed by atoms with Crippen LogP contribution < -0.4 is 0 Å². The molecular formula is C20H24N2S. The minimum Gasteiger partial charge on any atom is -0.261 e. The monoisotopic (exact) mass is 324 g/mol. The second kappa shape index (κ2) is 10.0. The average molecular weight is 324 g/mol. The number of thioether (sulfide) groups is 1. The van der Waals surface area contributed by atoms with Gasteiger partial charge in [0.25, 0.3) is 0 Å². The lowest BCUT2D eigenvalue weighted by Gasteiger charge is -2.21. The standard InChI is InChI=1S/C20H24N2S/c1-3-9-19(15-17-11-5-7-13-21-17)23-20(10-4-2)16-18-12-6-8-14-22-18/h3-8,11-14,19-20H,1-2,9-10,15-16H2. The third-order valence-electron chi connectivity index (χ3n) is 3.57. The predicted molar refractivity (Wildman–Crippen MR) is 101 cm³/mol. The van der Waals surface area contributed by atoms with Crippen LogP contribution in [0.3, 0.4) is 0 Å². The Morgan fingerprint density at radius 2 is 1.30 bits per heavy atom. The van der Waals surface area contributed by atoms with Gasteiger partial charge >= 0.3 is 0 Å². The summed E-state index contributed by atoms with van der Waals surface area (Å²) in [5, 5.41) is 0.965. The number of aromatic nitrogens is 2. The summed E-state index contributed by atoms with van der Waals surface area (Å²) in [6.07, 6.45) is 11.6. The Kier molecular flexibility index (Phi) is 7.61. The Bertz CT molecular complexity index is 530. The van der Waals surface area contributed by atoms with Gasteiger partial charge in [0.15, 0.2) is 0 Å². The van der Waals surface area contributed by atoms with Gasteiger partial charge in [-0.2, -0.15) is 11.8 Å². The lowest BCUT2D eigenvalue weighted by molar-refractivity contribution is 0.797. The van der Waals surface area contributed by atoms with E-state index in [1.54, 1.807) is 0 Å². The normalized spacial score (nSPS) is 13.2. The molecule has 0 saturated heterocycles. The Balaban J connectivity index is 2.01. The van der Waals surface area contributed by atoms with Gasteiger partial charge in [0.2, 0.25) is 0 Å². The molecule has 2 heterocycles. The minimum absolute atomic E-state index is 0.482. The summed E-state index contributed by atoms with van der Waals surface area (Å²) in [5.74, 6) is 0. The summed E-state index contributed by atoms with van der Waals surface area (Å²) in [6, 6.07) is 12.2. The molecule has 0 aliphatic carbocycles. The molecule has 0 bridgehead atoms. The zero-order valence-corrected chi connectivity index (χ0v) is 14.3. The molecular weight excluding hydrogens is 300 g/mol. The third kappa shape index (κ3) is 6.41. The maximum Gasteiger partial charge on any atom is 0.0414 e. The van der Waals surface area contributed by atoms with E-state index in [0.29, 0.717) is 10.5 Å². The fourth-order valence-electron chi connectivity index (χ4n) is 2.52. The molecule has 2 atom stereocenters. The molecule has 0 amide bonds. The Labute approximate surface area is 143 Å². The van der Waals surface area contributed by atoms with Gasteiger partial charge in [0.05, 0.1) is 0 Å². The van der Waals surface area contributed by atoms with E-state index < -0.39 is 0 Å². The van der Waals surface area contributed by atoms with Crippen molar-refractivity contribution in [3.05, 3.63) is 85.5 Å². The van der Waals surface area contributed by atoms with Crippen molar-refractivity contribution in [2.45, 2.75) is 36.2 Å². The van der Waals surface area contributed by atoms with E-state index in [9.17, 15) is 0 Å². The van der Waals surface area contributed by atoms with Crippen molar-refractivity contribution in [3.63, 3.8) is 0 Å². The Morgan fingerprint density at radius 1 is 0.826 bits per heavy atom. The van der Waals surface area contributed by atoms with E-state index in [2.05, 4.69) is 35.3 Å². The van der Waals surface area contributed by atoms with Crippen molar-refractivity contribution < 1.29 is 0 Å². The summed E-state index contributed by atoms with van der Waals surface area (Å²) in [6.45, 7) is 7.83. The van der Waals surface area contributed by atoms with Crippen LogP contribution in [0.2, 0.25) is 0 Å². The molecule has 120 valence electrons. The fraction of sp³-hybridized carbons (Fsp3) is 0.300. The van der Waals surface area contributed by atoms with E-state index in [0.717, 1.165) is 37.1 Å².